The maximum Gasteiger partial charge on any atom is 0.246 e. The number of aliphatic hydroxyl groups excluding tert-OH is 2. The van der Waals surface area contributed by atoms with Crippen molar-refractivity contribution in [2.45, 2.75) is 50.2 Å². The molecule has 2 unspecified atom stereocenters. The fourth-order valence-corrected chi connectivity index (χ4v) is 4.98. The van der Waals surface area contributed by atoms with Crippen molar-refractivity contribution in [1.82, 2.24) is 9.80 Å². The third kappa shape index (κ3) is 5.04. The van der Waals surface area contributed by atoms with Crippen LogP contribution in [-0.2, 0) is 15.1 Å². The first kappa shape index (κ1) is 23.6. The number of hydrogen-bond donors (Lipinski definition) is 2. The molecule has 2 N–H and O–H groups in total. The van der Waals surface area contributed by atoms with Crippen LogP contribution in [0.4, 0.5) is 0 Å². The Bertz CT molecular complexity index is 962. The van der Waals surface area contributed by atoms with Gasteiger partial charge in [-0.15, -0.1) is 0 Å². The highest BCUT2D eigenvalue weighted by Crippen LogP contribution is 2.41. The highest BCUT2D eigenvalue weighted by atomic mass is 16.6. The van der Waals surface area contributed by atoms with E-state index in [2.05, 4.69) is 31.2 Å². The lowest BCUT2D eigenvalue weighted by atomic mass is 9.84. The topological polar surface area (TPSA) is 73.2 Å². The molecule has 2 aromatic rings. The monoisotopic (exact) mass is 450 g/mol. The van der Waals surface area contributed by atoms with Crippen molar-refractivity contribution in [3.63, 3.8) is 0 Å². The zero-order valence-corrected chi connectivity index (χ0v) is 19.4. The largest absolute Gasteiger partial charge is 0.396 e. The smallest absolute Gasteiger partial charge is 0.246 e. The molecule has 0 spiro atoms. The van der Waals surface area contributed by atoms with Crippen molar-refractivity contribution >= 4 is 5.91 Å². The van der Waals surface area contributed by atoms with E-state index in [1.165, 1.54) is 5.56 Å². The van der Waals surface area contributed by atoms with Crippen molar-refractivity contribution in [2.24, 2.45) is 0 Å². The number of benzene rings is 2. The molecule has 1 amide bonds. The van der Waals surface area contributed by atoms with E-state index in [1.54, 1.807) is 11.0 Å². The summed E-state index contributed by atoms with van der Waals surface area (Å²) in [6, 6.07) is 18.4. The van der Waals surface area contributed by atoms with E-state index in [-0.39, 0.29) is 24.5 Å². The molecule has 0 aliphatic carbocycles. The molecule has 2 aliphatic rings. The van der Waals surface area contributed by atoms with Gasteiger partial charge in [-0.3, -0.25) is 4.79 Å². The molecular formula is C27H34N2O4. The van der Waals surface area contributed by atoms with Gasteiger partial charge in [0.1, 0.15) is 0 Å². The van der Waals surface area contributed by atoms with Crippen LogP contribution in [0.1, 0.15) is 54.8 Å². The Morgan fingerprint density at radius 2 is 1.88 bits per heavy atom. The fourth-order valence-electron chi connectivity index (χ4n) is 4.98. The summed E-state index contributed by atoms with van der Waals surface area (Å²) in [6.45, 7) is 3.54. The van der Waals surface area contributed by atoms with Gasteiger partial charge < -0.3 is 19.8 Å². The Morgan fingerprint density at radius 1 is 1.15 bits per heavy atom. The molecule has 1 saturated heterocycles. The van der Waals surface area contributed by atoms with Gasteiger partial charge in [-0.2, -0.15) is 0 Å². The van der Waals surface area contributed by atoms with Gasteiger partial charge >= 0.3 is 0 Å². The number of rotatable bonds is 7. The molecule has 6 heteroatoms. The van der Waals surface area contributed by atoms with Crippen LogP contribution < -0.4 is 0 Å². The molecule has 0 saturated carbocycles. The van der Waals surface area contributed by atoms with Gasteiger partial charge in [0.2, 0.25) is 12.3 Å². The quantitative estimate of drug-likeness (QED) is 0.675. The van der Waals surface area contributed by atoms with Crippen LogP contribution in [0.15, 0.2) is 66.7 Å². The molecule has 33 heavy (non-hydrogen) atoms. The Hall–Kier alpha value is -2.51. The van der Waals surface area contributed by atoms with Crippen LogP contribution >= 0.6 is 0 Å². The predicted molar refractivity (Wildman–Crippen MR) is 127 cm³/mol. The van der Waals surface area contributed by atoms with E-state index >= 15 is 0 Å². The number of carbonyl (C=O) groups is 1. The van der Waals surface area contributed by atoms with Gasteiger partial charge in [0.15, 0.2) is 0 Å². The number of likely N-dealkylation sites (N-methyl/N-ethyl adjacent to an activating group) is 1. The Labute approximate surface area is 196 Å². The Balaban J connectivity index is 1.47. The SMILES string of the molecule is C[C@@H](c1ccc(C2C=CC(=O)N(C)C2)cc1)N1CC[C@](CCCO)(c2ccccc2)OC1O. The lowest BCUT2D eigenvalue weighted by molar-refractivity contribution is -0.298. The molecule has 1 fully saturated rings. The lowest BCUT2D eigenvalue weighted by Gasteiger charge is -2.47. The van der Waals surface area contributed by atoms with Crippen LogP contribution in [0, 0.1) is 0 Å². The highest BCUT2D eigenvalue weighted by molar-refractivity contribution is 5.88. The van der Waals surface area contributed by atoms with Crippen LogP contribution in [-0.4, -0.2) is 59.1 Å². The molecule has 4 rings (SSSR count). The molecule has 2 aromatic carbocycles. The van der Waals surface area contributed by atoms with Crippen LogP contribution in [0.2, 0.25) is 0 Å². The van der Waals surface area contributed by atoms with Crippen molar-refractivity contribution in [2.75, 3.05) is 26.7 Å². The average molecular weight is 451 g/mol. The second kappa shape index (κ2) is 10.2. The van der Waals surface area contributed by atoms with Crippen molar-refractivity contribution in [1.29, 1.82) is 0 Å². The normalized spacial score (nSPS) is 27.0. The van der Waals surface area contributed by atoms with Gasteiger partial charge in [0.05, 0.1) is 5.60 Å². The van der Waals surface area contributed by atoms with Crippen molar-refractivity contribution < 1.29 is 19.7 Å². The second-order valence-corrected chi connectivity index (χ2v) is 9.15. The summed E-state index contributed by atoms with van der Waals surface area (Å²) in [6.07, 6.45) is 4.60. The Morgan fingerprint density at radius 3 is 2.52 bits per heavy atom. The van der Waals surface area contributed by atoms with Gasteiger partial charge in [0, 0.05) is 38.7 Å². The van der Waals surface area contributed by atoms with E-state index in [0.29, 0.717) is 25.9 Å². The molecule has 0 aromatic heterocycles. The van der Waals surface area contributed by atoms with E-state index in [1.807, 2.05) is 48.4 Å². The van der Waals surface area contributed by atoms with E-state index in [9.17, 15) is 15.0 Å². The lowest BCUT2D eigenvalue weighted by Crippen LogP contribution is -2.52. The number of nitrogens with zero attached hydrogens (tertiary/aromatic N) is 2. The first-order valence-electron chi connectivity index (χ1n) is 11.7. The van der Waals surface area contributed by atoms with Gasteiger partial charge in [-0.05, 0) is 49.0 Å². The molecule has 0 radical (unpaired) electrons. The molecule has 6 nitrogen and oxygen atoms in total. The van der Waals surface area contributed by atoms with Crippen molar-refractivity contribution in [3.05, 3.63) is 83.4 Å². The molecule has 176 valence electrons. The minimum Gasteiger partial charge on any atom is -0.396 e. The summed E-state index contributed by atoms with van der Waals surface area (Å²) in [4.78, 5) is 15.4. The second-order valence-electron chi connectivity index (χ2n) is 9.15. The minimum atomic E-state index is -1.03. The van der Waals surface area contributed by atoms with Gasteiger partial charge in [0.25, 0.3) is 0 Å². The predicted octanol–water partition coefficient (Wildman–Crippen LogP) is 3.53. The zero-order chi connectivity index (χ0) is 23.4. The summed E-state index contributed by atoms with van der Waals surface area (Å²) in [5.74, 6) is 0.236. The van der Waals surface area contributed by atoms with Crippen LogP contribution in [0.25, 0.3) is 0 Å². The maximum atomic E-state index is 11.7. The van der Waals surface area contributed by atoms with Crippen molar-refractivity contribution in [3.8, 4) is 0 Å². The average Bonchev–Trinajstić information content (AvgIpc) is 2.85. The van der Waals surface area contributed by atoms with Crippen LogP contribution in [0.3, 0.4) is 0 Å². The van der Waals surface area contributed by atoms with E-state index in [0.717, 1.165) is 17.5 Å². The summed E-state index contributed by atoms with van der Waals surface area (Å²) in [5, 5.41) is 20.4. The summed E-state index contributed by atoms with van der Waals surface area (Å²) >= 11 is 0. The molecule has 4 atom stereocenters. The molecule has 2 heterocycles. The van der Waals surface area contributed by atoms with E-state index < -0.39 is 12.0 Å². The number of aliphatic hydroxyl groups is 2. The number of amides is 1. The summed E-state index contributed by atoms with van der Waals surface area (Å²) in [7, 11) is 1.82. The number of hydrogen-bond acceptors (Lipinski definition) is 5. The molecule has 2 aliphatic heterocycles. The van der Waals surface area contributed by atoms with Crippen LogP contribution in [0.5, 0.6) is 0 Å². The summed E-state index contributed by atoms with van der Waals surface area (Å²) in [5.41, 5.74) is 2.72. The first-order chi connectivity index (χ1) is 15.9. The third-order valence-electron chi connectivity index (χ3n) is 7.09. The fraction of sp³-hybridized carbons (Fsp3) is 0.444. The van der Waals surface area contributed by atoms with E-state index in [4.69, 9.17) is 4.74 Å². The number of ether oxygens (including phenoxy) is 1. The van der Waals surface area contributed by atoms with Gasteiger partial charge in [-0.25, -0.2) is 4.90 Å². The first-order valence-corrected chi connectivity index (χ1v) is 11.7. The Kier molecular flexibility index (Phi) is 7.29. The van der Waals surface area contributed by atoms with Gasteiger partial charge in [-0.1, -0.05) is 60.7 Å². The number of carbonyl (C=O) groups excluding carboxylic acids is 1. The molecular weight excluding hydrogens is 416 g/mol. The summed E-state index contributed by atoms with van der Waals surface area (Å²) < 4.78 is 6.28. The third-order valence-corrected chi connectivity index (χ3v) is 7.09. The maximum absolute atomic E-state index is 11.7. The zero-order valence-electron chi connectivity index (χ0n) is 19.4. The molecule has 0 bridgehead atoms. The standard InChI is InChI=1S/C27H34N2O4/c1-20(21-9-11-22(12-10-21)23-13-14-25(31)28(2)19-23)29-17-16-27(15-6-18-30,33-26(29)32)24-7-4-3-5-8-24/h3-5,7-14,20,23,26,30,32H,6,15-19H2,1-2H3/t20-,23?,26?,27+/m0/s1. The highest BCUT2D eigenvalue weighted by Gasteiger charge is 2.42. The minimum absolute atomic E-state index is 0.0215.